The van der Waals surface area contributed by atoms with Crippen LogP contribution in [0.1, 0.15) is 63.6 Å². The first kappa shape index (κ1) is 17.5. The van der Waals surface area contributed by atoms with Crippen molar-refractivity contribution in [1.29, 1.82) is 0 Å². The minimum atomic E-state index is -0.443. The van der Waals surface area contributed by atoms with Gasteiger partial charge in [0.05, 0.1) is 5.69 Å². The summed E-state index contributed by atoms with van der Waals surface area (Å²) in [5.74, 6) is 0.859. The smallest absolute Gasteiger partial charge is 0.215 e. The largest absolute Gasteiger partial charge is 0.370 e. The van der Waals surface area contributed by atoms with E-state index in [0.717, 1.165) is 37.1 Å². The highest BCUT2D eigenvalue weighted by molar-refractivity contribution is 5.67. The molecule has 5 heteroatoms. The van der Waals surface area contributed by atoms with Crippen LogP contribution in [0.3, 0.4) is 0 Å². The molecule has 4 nitrogen and oxygen atoms in total. The van der Waals surface area contributed by atoms with E-state index in [1.54, 1.807) is 0 Å². The number of H-pyrrole nitrogens is 1. The van der Waals surface area contributed by atoms with Gasteiger partial charge in [0, 0.05) is 29.4 Å². The van der Waals surface area contributed by atoms with Crippen LogP contribution < -0.4 is 5.32 Å². The van der Waals surface area contributed by atoms with Gasteiger partial charge >= 0.3 is 0 Å². The highest BCUT2D eigenvalue weighted by atomic mass is 19.1. The lowest BCUT2D eigenvalue weighted by Gasteiger charge is -2.29. The molecule has 26 heavy (non-hydrogen) atoms. The molecule has 2 aliphatic rings. The third kappa shape index (κ3) is 3.76. The topological polar surface area (TPSA) is 53.6 Å². The summed E-state index contributed by atoms with van der Waals surface area (Å²) in [6.07, 6.45) is 9.61. The Bertz CT molecular complexity index is 774. The molecule has 0 atom stereocenters. The summed E-state index contributed by atoms with van der Waals surface area (Å²) in [6, 6.07) is 3.45. The van der Waals surface area contributed by atoms with E-state index in [9.17, 15) is 4.39 Å². The first-order chi connectivity index (χ1) is 12.5. The van der Waals surface area contributed by atoms with Crippen LogP contribution in [0.5, 0.6) is 0 Å². The van der Waals surface area contributed by atoms with Gasteiger partial charge in [-0.2, -0.15) is 9.49 Å². The summed E-state index contributed by atoms with van der Waals surface area (Å²) in [4.78, 5) is 4.05. The van der Waals surface area contributed by atoms with E-state index in [1.165, 1.54) is 49.4 Å². The molecule has 0 unspecified atom stereocenters. The molecule has 0 amide bonds. The molecular weight excluding hydrogens is 327 g/mol. The van der Waals surface area contributed by atoms with Crippen LogP contribution in [-0.2, 0) is 12.8 Å². The first-order valence-corrected chi connectivity index (χ1v) is 9.98. The fourth-order valence-corrected chi connectivity index (χ4v) is 4.45. The SMILES string of the molecule is CC1(C)CCc2c(-c3cc(F)nc(NCC4CCCCC4)c3)n[nH]c2C1. The van der Waals surface area contributed by atoms with Crippen molar-refractivity contribution in [1.82, 2.24) is 15.2 Å². The number of hydrogen-bond acceptors (Lipinski definition) is 3. The van der Waals surface area contributed by atoms with Gasteiger partial charge in [-0.05, 0) is 49.5 Å². The van der Waals surface area contributed by atoms with Crippen LogP contribution >= 0.6 is 0 Å². The maximum absolute atomic E-state index is 14.2. The first-order valence-electron chi connectivity index (χ1n) is 9.98. The zero-order chi connectivity index (χ0) is 18.1. The molecular formula is C21H29FN4. The summed E-state index contributed by atoms with van der Waals surface area (Å²) in [7, 11) is 0. The van der Waals surface area contributed by atoms with Gasteiger partial charge in [0.2, 0.25) is 5.95 Å². The van der Waals surface area contributed by atoms with E-state index in [4.69, 9.17) is 0 Å². The van der Waals surface area contributed by atoms with Gasteiger partial charge in [0.15, 0.2) is 0 Å². The fraction of sp³-hybridized carbons (Fsp3) is 0.619. The number of halogens is 1. The molecule has 0 radical (unpaired) electrons. The average molecular weight is 356 g/mol. The van der Waals surface area contributed by atoms with Gasteiger partial charge in [0.1, 0.15) is 5.82 Å². The number of nitrogens with zero attached hydrogens (tertiary/aromatic N) is 2. The van der Waals surface area contributed by atoms with Gasteiger partial charge in [-0.25, -0.2) is 4.98 Å². The van der Waals surface area contributed by atoms with E-state index < -0.39 is 5.95 Å². The molecule has 2 aliphatic carbocycles. The van der Waals surface area contributed by atoms with Crippen LogP contribution in [0, 0.1) is 17.3 Å². The Morgan fingerprint density at radius 3 is 2.85 bits per heavy atom. The van der Waals surface area contributed by atoms with Gasteiger partial charge < -0.3 is 5.32 Å². The van der Waals surface area contributed by atoms with Gasteiger partial charge in [-0.3, -0.25) is 5.10 Å². The maximum atomic E-state index is 14.2. The second kappa shape index (κ2) is 7.01. The van der Waals surface area contributed by atoms with E-state index in [0.29, 0.717) is 17.2 Å². The Hall–Kier alpha value is -1.91. The Balaban J connectivity index is 1.54. The quantitative estimate of drug-likeness (QED) is 0.748. The van der Waals surface area contributed by atoms with Crippen molar-refractivity contribution in [3.63, 3.8) is 0 Å². The van der Waals surface area contributed by atoms with Crippen molar-refractivity contribution in [3.05, 3.63) is 29.3 Å². The summed E-state index contributed by atoms with van der Waals surface area (Å²) in [5.41, 5.74) is 4.45. The molecule has 1 fully saturated rings. The summed E-state index contributed by atoms with van der Waals surface area (Å²) >= 11 is 0. The maximum Gasteiger partial charge on any atom is 0.215 e. The zero-order valence-corrected chi connectivity index (χ0v) is 15.9. The fourth-order valence-electron chi connectivity index (χ4n) is 4.45. The Morgan fingerprint density at radius 2 is 2.04 bits per heavy atom. The molecule has 2 aromatic heterocycles. The zero-order valence-electron chi connectivity index (χ0n) is 15.9. The lowest BCUT2D eigenvalue weighted by Crippen LogP contribution is -2.21. The normalized spacial score (nSPS) is 20.0. The third-order valence-electron chi connectivity index (χ3n) is 6.02. The standard InChI is InChI=1S/C21H29FN4/c1-21(2)9-8-16-17(12-21)25-26-20(16)15-10-18(22)24-19(11-15)23-13-14-6-4-3-5-7-14/h10-11,14H,3-9,12-13H2,1-2H3,(H,23,24)(H,25,26). The summed E-state index contributed by atoms with van der Waals surface area (Å²) < 4.78 is 14.2. The van der Waals surface area contributed by atoms with Crippen molar-refractivity contribution < 1.29 is 4.39 Å². The second-order valence-electron chi connectivity index (χ2n) is 8.82. The van der Waals surface area contributed by atoms with E-state index in [2.05, 4.69) is 34.3 Å². The Kier molecular flexibility index (Phi) is 4.72. The highest BCUT2D eigenvalue weighted by Crippen LogP contribution is 2.38. The summed E-state index contributed by atoms with van der Waals surface area (Å²) in [6.45, 7) is 5.45. The molecule has 0 spiro atoms. The van der Waals surface area contributed by atoms with E-state index in [1.807, 2.05) is 6.07 Å². The van der Waals surface area contributed by atoms with Crippen molar-refractivity contribution in [2.24, 2.45) is 11.3 Å². The molecule has 140 valence electrons. The van der Waals surface area contributed by atoms with Crippen LogP contribution in [0.15, 0.2) is 12.1 Å². The highest BCUT2D eigenvalue weighted by Gasteiger charge is 2.29. The predicted molar refractivity (Wildman–Crippen MR) is 103 cm³/mol. The van der Waals surface area contributed by atoms with Gasteiger partial charge in [-0.15, -0.1) is 0 Å². The number of hydrogen-bond donors (Lipinski definition) is 2. The number of fused-ring (bicyclic) bond motifs is 1. The number of pyridine rings is 1. The number of rotatable bonds is 4. The number of anilines is 1. The molecule has 2 aromatic rings. The van der Waals surface area contributed by atoms with Crippen LogP contribution in [0.2, 0.25) is 0 Å². The number of aromatic amines is 1. The van der Waals surface area contributed by atoms with E-state index in [-0.39, 0.29) is 0 Å². The average Bonchev–Trinajstić information content (AvgIpc) is 3.02. The molecule has 4 rings (SSSR count). The molecule has 2 heterocycles. The van der Waals surface area contributed by atoms with Crippen LogP contribution in [0.25, 0.3) is 11.3 Å². The monoisotopic (exact) mass is 356 g/mol. The number of aromatic nitrogens is 3. The van der Waals surface area contributed by atoms with Gasteiger partial charge in [-0.1, -0.05) is 33.1 Å². The summed E-state index contributed by atoms with van der Waals surface area (Å²) in [5, 5.41) is 11.1. The van der Waals surface area contributed by atoms with Crippen molar-refractivity contribution in [2.75, 3.05) is 11.9 Å². The van der Waals surface area contributed by atoms with Crippen molar-refractivity contribution in [2.45, 2.75) is 65.2 Å². The number of nitrogens with one attached hydrogen (secondary N) is 2. The molecule has 0 saturated heterocycles. The van der Waals surface area contributed by atoms with Crippen molar-refractivity contribution >= 4 is 5.82 Å². The minimum Gasteiger partial charge on any atom is -0.370 e. The lowest BCUT2D eigenvalue weighted by atomic mass is 9.76. The van der Waals surface area contributed by atoms with Crippen molar-refractivity contribution in [3.8, 4) is 11.3 Å². The molecule has 2 N–H and O–H groups in total. The van der Waals surface area contributed by atoms with Crippen LogP contribution in [0.4, 0.5) is 10.2 Å². The second-order valence-corrected chi connectivity index (χ2v) is 8.82. The third-order valence-corrected chi connectivity index (χ3v) is 6.02. The molecule has 0 aliphatic heterocycles. The molecule has 0 aromatic carbocycles. The Labute approximate surface area is 155 Å². The Morgan fingerprint density at radius 1 is 1.23 bits per heavy atom. The predicted octanol–water partition coefficient (Wildman–Crippen LogP) is 5.12. The van der Waals surface area contributed by atoms with E-state index >= 15 is 0 Å². The molecule has 0 bridgehead atoms. The lowest BCUT2D eigenvalue weighted by molar-refractivity contribution is 0.312. The minimum absolute atomic E-state index is 0.299. The van der Waals surface area contributed by atoms with Crippen LogP contribution in [-0.4, -0.2) is 21.7 Å². The molecule has 1 saturated carbocycles. The van der Waals surface area contributed by atoms with Gasteiger partial charge in [0.25, 0.3) is 0 Å².